The zero-order valence-electron chi connectivity index (χ0n) is 31.1. The van der Waals surface area contributed by atoms with E-state index in [1.807, 2.05) is 57.5 Å². The molecule has 286 valence electrons. The first kappa shape index (κ1) is 43.0. The summed E-state index contributed by atoms with van der Waals surface area (Å²) >= 11 is 7.27. The van der Waals surface area contributed by atoms with Crippen LogP contribution >= 0.6 is 22.9 Å². The Balaban J connectivity index is 1.34. The van der Waals surface area contributed by atoms with Crippen molar-refractivity contribution in [2.75, 3.05) is 52.1 Å². The highest BCUT2D eigenvalue weighted by molar-refractivity contribution is 7.13. The molecule has 2 heterocycles. The number of likely N-dealkylation sites (tertiary alicyclic amines) is 1. The van der Waals surface area contributed by atoms with Gasteiger partial charge in [-0.3, -0.25) is 14.4 Å². The number of aliphatic hydroxyl groups excluding tert-OH is 1. The number of carbonyl (C=O) groups excluding carboxylic acids is 3. The number of ketones is 1. The van der Waals surface area contributed by atoms with Crippen LogP contribution in [0.1, 0.15) is 96.2 Å². The van der Waals surface area contributed by atoms with Crippen molar-refractivity contribution in [1.29, 1.82) is 0 Å². The molecule has 3 rings (SSSR count). The third-order valence-electron chi connectivity index (χ3n) is 9.23. The van der Waals surface area contributed by atoms with Crippen molar-refractivity contribution in [3.63, 3.8) is 0 Å². The van der Waals surface area contributed by atoms with Crippen LogP contribution in [0.15, 0.2) is 29.8 Å². The first-order valence-corrected chi connectivity index (χ1v) is 20.0. The van der Waals surface area contributed by atoms with Gasteiger partial charge in [0.05, 0.1) is 48.6 Å². The third-order valence-corrected chi connectivity index (χ3v) is 10.5. The summed E-state index contributed by atoms with van der Waals surface area (Å²) in [5.74, 6) is -0.388. The van der Waals surface area contributed by atoms with Crippen LogP contribution < -0.4 is 5.32 Å². The second-order valence-corrected chi connectivity index (χ2v) is 15.7. The number of benzene rings is 1. The molecule has 0 bridgehead atoms. The Labute approximate surface area is 314 Å². The number of hydrogen-bond acceptors (Lipinski definition) is 9. The molecule has 3 atom stereocenters. The maximum Gasteiger partial charge on any atom is 0.243 e. The molecule has 1 saturated heterocycles. The molecule has 0 unspecified atom stereocenters. The fourth-order valence-corrected chi connectivity index (χ4v) is 7.16. The van der Waals surface area contributed by atoms with E-state index < -0.39 is 23.5 Å². The van der Waals surface area contributed by atoms with Gasteiger partial charge in [-0.1, -0.05) is 64.3 Å². The Morgan fingerprint density at radius 2 is 1.55 bits per heavy atom. The fraction of sp³-hybridized carbons (Fsp3) is 0.692. The largest absolute Gasteiger partial charge is 0.391 e. The first-order valence-electron chi connectivity index (χ1n) is 18.6. The third kappa shape index (κ3) is 15.6. The van der Waals surface area contributed by atoms with E-state index in [1.165, 1.54) is 4.90 Å². The molecule has 2 aromatic rings. The van der Waals surface area contributed by atoms with Gasteiger partial charge in [0.2, 0.25) is 11.8 Å². The van der Waals surface area contributed by atoms with E-state index in [-0.39, 0.29) is 37.0 Å². The second-order valence-electron chi connectivity index (χ2n) is 14.5. The van der Waals surface area contributed by atoms with Crippen LogP contribution in [0.25, 0.3) is 10.4 Å². The number of ether oxygens (including phenoxy) is 3. The zero-order valence-corrected chi connectivity index (χ0v) is 32.7. The number of nitrogens with one attached hydrogen (secondary N) is 1. The predicted molar refractivity (Wildman–Crippen MR) is 203 cm³/mol. The number of amides is 2. The Morgan fingerprint density at radius 3 is 2.14 bits per heavy atom. The van der Waals surface area contributed by atoms with Crippen molar-refractivity contribution in [3.05, 3.63) is 41.0 Å². The number of hydrogen-bond donors (Lipinski definition) is 2. The van der Waals surface area contributed by atoms with Crippen molar-refractivity contribution in [2.45, 2.75) is 111 Å². The van der Waals surface area contributed by atoms with Gasteiger partial charge in [-0.15, -0.1) is 22.9 Å². The number of alkyl halides is 1. The molecular weight excluding hydrogens is 690 g/mol. The van der Waals surface area contributed by atoms with E-state index in [0.29, 0.717) is 46.0 Å². The van der Waals surface area contributed by atoms with Crippen molar-refractivity contribution in [2.24, 2.45) is 11.3 Å². The van der Waals surface area contributed by atoms with Gasteiger partial charge in [-0.25, -0.2) is 4.98 Å². The maximum absolute atomic E-state index is 13.9. The Kier molecular flexibility index (Phi) is 19.6. The number of unbranched alkanes of at least 4 members (excludes halogenated alkanes) is 5. The van der Waals surface area contributed by atoms with Crippen molar-refractivity contribution in [3.8, 4) is 10.4 Å². The summed E-state index contributed by atoms with van der Waals surface area (Å²) in [5.41, 5.74) is 4.32. The molecule has 12 heteroatoms. The minimum atomic E-state index is -0.794. The fourth-order valence-electron chi connectivity index (χ4n) is 6.16. The summed E-state index contributed by atoms with van der Waals surface area (Å²) in [6.07, 6.45) is 6.72. The topological polar surface area (TPSA) is 127 Å². The van der Waals surface area contributed by atoms with Crippen LogP contribution in [0.5, 0.6) is 0 Å². The number of rotatable bonds is 25. The van der Waals surface area contributed by atoms with Crippen LogP contribution in [0.4, 0.5) is 0 Å². The molecular formula is C39H60ClN3O7S. The number of carbonyl (C=O) groups is 3. The molecule has 51 heavy (non-hydrogen) atoms. The van der Waals surface area contributed by atoms with E-state index in [4.69, 9.17) is 25.8 Å². The summed E-state index contributed by atoms with van der Waals surface area (Å²) in [6, 6.07) is 7.18. The van der Waals surface area contributed by atoms with Gasteiger partial charge in [0, 0.05) is 57.4 Å². The highest BCUT2D eigenvalue weighted by Gasteiger charge is 2.44. The maximum atomic E-state index is 13.9. The molecule has 1 aliphatic heterocycles. The molecule has 1 aromatic heterocycles. The molecule has 0 spiro atoms. The molecule has 2 N–H and O–H groups in total. The van der Waals surface area contributed by atoms with Gasteiger partial charge in [0.25, 0.3) is 0 Å². The van der Waals surface area contributed by atoms with Gasteiger partial charge in [-0.05, 0) is 49.1 Å². The van der Waals surface area contributed by atoms with E-state index in [1.54, 1.807) is 11.3 Å². The molecule has 0 aliphatic carbocycles. The number of halogens is 1. The lowest BCUT2D eigenvalue weighted by Crippen LogP contribution is -2.50. The Morgan fingerprint density at radius 1 is 0.941 bits per heavy atom. The van der Waals surface area contributed by atoms with Crippen LogP contribution in [0.3, 0.4) is 0 Å². The van der Waals surface area contributed by atoms with Crippen LogP contribution in [0, 0.1) is 18.3 Å². The summed E-state index contributed by atoms with van der Waals surface area (Å²) in [6.45, 7) is 11.8. The van der Waals surface area contributed by atoms with E-state index in [0.717, 1.165) is 79.1 Å². The molecule has 1 aromatic carbocycles. The lowest BCUT2D eigenvalue weighted by atomic mass is 9.76. The average molecular weight is 750 g/mol. The van der Waals surface area contributed by atoms with E-state index in [9.17, 15) is 19.5 Å². The van der Waals surface area contributed by atoms with Crippen molar-refractivity contribution >= 4 is 40.5 Å². The molecule has 1 fully saturated rings. The Bertz CT molecular complexity index is 1320. The minimum Gasteiger partial charge on any atom is -0.391 e. The summed E-state index contributed by atoms with van der Waals surface area (Å²) < 4.78 is 16.8. The standard InChI is InChI=1S/C39H60ClN3O7S/c1-29-36(51-28-42-29)31-15-13-30(14-16-31)26-41-37(46)35-25-33(45)27-43(35)38(47)34(39(2,3)4)24-32(44)12-8-7-11-19-49-21-23-50-22-20-48-18-10-6-5-9-17-40/h13-16,28,33-35,45H,5-12,17-27H2,1-4H3,(H,41,46)/t33-,34-,35+/m1/s1. The number of thiazole rings is 1. The summed E-state index contributed by atoms with van der Waals surface area (Å²) in [4.78, 5) is 47.2. The van der Waals surface area contributed by atoms with E-state index >= 15 is 0 Å². The number of nitrogens with zero attached hydrogens (tertiary/aromatic N) is 2. The molecule has 1 aliphatic rings. The van der Waals surface area contributed by atoms with Crippen molar-refractivity contribution in [1.82, 2.24) is 15.2 Å². The monoisotopic (exact) mass is 749 g/mol. The van der Waals surface area contributed by atoms with Crippen LogP contribution in [-0.2, 0) is 35.1 Å². The zero-order chi connectivity index (χ0) is 37.1. The highest BCUT2D eigenvalue weighted by atomic mass is 35.5. The van der Waals surface area contributed by atoms with Crippen LogP contribution in [-0.4, -0.2) is 96.8 Å². The van der Waals surface area contributed by atoms with Crippen LogP contribution in [0.2, 0.25) is 0 Å². The van der Waals surface area contributed by atoms with Crippen molar-refractivity contribution < 1.29 is 33.7 Å². The lowest BCUT2D eigenvalue weighted by Gasteiger charge is -2.34. The second kappa shape index (κ2) is 23.3. The number of β-amino-alcohol motifs (C(OH)–C–C–N with tert-alkyl or cyclic N) is 1. The number of aliphatic hydroxyl groups is 1. The molecule has 0 radical (unpaired) electrons. The van der Waals surface area contributed by atoms with Gasteiger partial charge in [0.1, 0.15) is 11.8 Å². The number of aromatic nitrogens is 1. The summed E-state index contributed by atoms with van der Waals surface area (Å²) in [5, 5.41) is 13.5. The smallest absolute Gasteiger partial charge is 0.243 e. The normalized spacial score (nSPS) is 16.8. The van der Waals surface area contributed by atoms with Gasteiger partial charge in [0.15, 0.2) is 0 Å². The lowest BCUT2D eigenvalue weighted by molar-refractivity contribution is -0.146. The van der Waals surface area contributed by atoms with Gasteiger partial charge in [-0.2, -0.15) is 0 Å². The number of Topliss-reactive ketones (excluding diaryl/α,β-unsaturated/α-hetero) is 1. The predicted octanol–water partition coefficient (Wildman–Crippen LogP) is 6.73. The first-order chi connectivity index (χ1) is 24.5. The molecule has 10 nitrogen and oxygen atoms in total. The Hall–Kier alpha value is -2.41. The molecule has 0 saturated carbocycles. The number of aryl methyl sites for hydroxylation is 1. The minimum absolute atomic E-state index is 0.0350. The summed E-state index contributed by atoms with van der Waals surface area (Å²) in [7, 11) is 0. The highest BCUT2D eigenvalue weighted by Crippen LogP contribution is 2.34. The van der Waals surface area contributed by atoms with E-state index in [2.05, 4.69) is 10.3 Å². The SMILES string of the molecule is Cc1ncsc1-c1ccc(CNC(=O)[C@@H]2C[C@@H](O)CN2C(=O)[C@@H](CC(=O)CCCCCOCCOCCOCCCCCCCl)C(C)(C)C)cc1. The van der Waals surface area contributed by atoms with Gasteiger partial charge < -0.3 is 29.5 Å². The quantitative estimate of drug-likeness (QED) is 0.0846. The average Bonchev–Trinajstić information content (AvgIpc) is 3.72. The van der Waals surface area contributed by atoms with Gasteiger partial charge >= 0.3 is 0 Å². The molecule has 2 amide bonds.